The first-order valence-electron chi connectivity index (χ1n) is 27.1. The van der Waals surface area contributed by atoms with E-state index in [-0.39, 0.29) is 18.5 Å². The fourth-order valence-corrected chi connectivity index (χ4v) is 8.27. The molecule has 1 amide bonds. The van der Waals surface area contributed by atoms with E-state index in [0.29, 0.717) is 19.4 Å². The van der Waals surface area contributed by atoms with Gasteiger partial charge in [0.25, 0.3) is 0 Å². The van der Waals surface area contributed by atoms with Crippen LogP contribution in [0.2, 0.25) is 0 Å². The van der Waals surface area contributed by atoms with E-state index in [2.05, 4.69) is 31.3 Å². The normalized spacial score (nSPS) is 12.8. The first-order chi connectivity index (χ1) is 30.0. The van der Waals surface area contributed by atoms with Gasteiger partial charge < -0.3 is 20.3 Å². The Morgan fingerprint density at radius 1 is 0.443 bits per heavy atom. The van der Waals surface area contributed by atoms with Gasteiger partial charge in [-0.3, -0.25) is 9.59 Å². The summed E-state index contributed by atoms with van der Waals surface area (Å²) < 4.78 is 5.45. The highest BCUT2D eigenvalue weighted by molar-refractivity contribution is 5.76. The molecule has 0 radical (unpaired) electrons. The zero-order valence-corrected chi connectivity index (χ0v) is 40.9. The number of allylic oxidation sites excluding steroid dienone is 3. The summed E-state index contributed by atoms with van der Waals surface area (Å²) >= 11 is 0. The van der Waals surface area contributed by atoms with Gasteiger partial charge in [-0.15, -0.1) is 0 Å². The van der Waals surface area contributed by atoms with Crippen molar-refractivity contribution in [3.8, 4) is 0 Å². The van der Waals surface area contributed by atoms with Crippen molar-refractivity contribution in [2.75, 3.05) is 13.2 Å². The molecule has 0 aromatic heterocycles. The van der Waals surface area contributed by atoms with E-state index in [4.69, 9.17) is 4.74 Å². The zero-order chi connectivity index (χ0) is 44.4. The molecule has 0 bridgehead atoms. The van der Waals surface area contributed by atoms with Gasteiger partial charge in [-0.05, 0) is 57.8 Å². The van der Waals surface area contributed by atoms with Gasteiger partial charge >= 0.3 is 5.97 Å². The standard InChI is InChI=1S/C55H105NO5/c1-3-5-7-9-11-13-15-17-19-20-21-22-23-25-26-28-31-35-39-43-47-53(58)52(51-57)56-54(59)48-44-40-36-32-30-34-38-42-46-50-61-55(60)49-45-41-37-33-29-27-24-18-16-14-12-10-8-6-4-2/h18,24,43,47,52-53,57-58H,3-17,19-23,25-42,44-46,48-51H2,1-2H3,(H,56,59)/b24-18-,47-43+. The van der Waals surface area contributed by atoms with Crippen LogP contribution in [0.5, 0.6) is 0 Å². The van der Waals surface area contributed by atoms with Crippen LogP contribution in [-0.2, 0) is 14.3 Å². The second-order valence-corrected chi connectivity index (χ2v) is 18.6. The van der Waals surface area contributed by atoms with Crippen LogP contribution >= 0.6 is 0 Å². The molecule has 6 nitrogen and oxygen atoms in total. The fourth-order valence-electron chi connectivity index (χ4n) is 8.27. The first kappa shape index (κ1) is 59.3. The Bertz CT molecular complexity index is 951. The summed E-state index contributed by atoms with van der Waals surface area (Å²) in [7, 11) is 0. The highest BCUT2D eigenvalue weighted by Crippen LogP contribution is 2.16. The maximum atomic E-state index is 12.5. The Labute approximate surface area is 380 Å². The average molecular weight is 860 g/mol. The lowest BCUT2D eigenvalue weighted by molar-refractivity contribution is -0.143. The van der Waals surface area contributed by atoms with Crippen LogP contribution in [-0.4, -0.2) is 47.4 Å². The van der Waals surface area contributed by atoms with E-state index in [0.717, 1.165) is 57.8 Å². The Balaban J connectivity index is 3.53. The summed E-state index contributed by atoms with van der Waals surface area (Å²) in [6.07, 6.45) is 60.4. The minimum absolute atomic E-state index is 0.0348. The molecule has 2 unspecified atom stereocenters. The largest absolute Gasteiger partial charge is 0.466 e. The Morgan fingerprint density at radius 2 is 0.770 bits per heavy atom. The van der Waals surface area contributed by atoms with Crippen molar-refractivity contribution >= 4 is 11.9 Å². The second-order valence-electron chi connectivity index (χ2n) is 18.6. The maximum absolute atomic E-state index is 12.5. The molecule has 0 aliphatic rings. The van der Waals surface area contributed by atoms with Gasteiger partial charge in [-0.1, -0.05) is 244 Å². The quantitative estimate of drug-likeness (QED) is 0.0322. The molecular formula is C55H105NO5. The van der Waals surface area contributed by atoms with E-state index >= 15 is 0 Å². The summed E-state index contributed by atoms with van der Waals surface area (Å²) in [5.74, 6) is -0.129. The van der Waals surface area contributed by atoms with Crippen molar-refractivity contribution in [2.45, 2.75) is 302 Å². The lowest BCUT2D eigenvalue weighted by Crippen LogP contribution is -2.45. The van der Waals surface area contributed by atoms with Gasteiger partial charge in [0.15, 0.2) is 0 Å². The predicted molar refractivity (Wildman–Crippen MR) is 264 cm³/mol. The van der Waals surface area contributed by atoms with Gasteiger partial charge in [0.1, 0.15) is 0 Å². The Hall–Kier alpha value is -1.66. The average Bonchev–Trinajstić information content (AvgIpc) is 3.26. The van der Waals surface area contributed by atoms with E-state index in [1.54, 1.807) is 6.08 Å². The number of hydrogen-bond acceptors (Lipinski definition) is 5. The summed E-state index contributed by atoms with van der Waals surface area (Å²) in [6.45, 7) is 4.84. The minimum atomic E-state index is -0.862. The number of amides is 1. The van der Waals surface area contributed by atoms with E-state index < -0.39 is 12.1 Å². The van der Waals surface area contributed by atoms with Crippen molar-refractivity contribution in [1.29, 1.82) is 0 Å². The number of unbranched alkanes of at least 4 members (excludes halogenated alkanes) is 37. The smallest absolute Gasteiger partial charge is 0.305 e. The molecule has 0 aliphatic carbocycles. The van der Waals surface area contributed by atoms with Gasteiger partial charge in [0.05, 0.1) is 25.4 Å². The number of hydrogen-bond donors (Lipinski definition) is 3. The topological polar surface area (TPSA) is 95.9 Å². The highest BCUT2D eigenvalue weighted by Gasteiger charge is 2.18. The van der Waals surface area contributed by atoms with Crippen LogP contribution in [0.1, 0.15) is 290 Å². The number of carbonyl (C=O) groups is 2. The third-order valence-electron chi connectivity index (χ3n) is 12.5. The molecule has 0 heterocycles. The molecule has 2 atom stereocenters. The van der Waals surface area contributed by atoms with E-state index in [9.17, 15) is 19.8 Å². The summed E-state index contributed by atoms with van der Waals surface area (Å²) in [5, 5.41) is 23.1. The Morgan fingerprint density at radius 3 is 1.16 bits per heavy atom. The molecular weight excluding hydrogens is 755 g/mol. The summed E-state index contributed by atoms with van der Waals surface area (Å²) in [5.41, 5.74) is 0. The Kier molecular flexibility index (Phi) is 49.6. The molecule has 3 N–H and O–H groups in total. The molecule has 0 saturated carbocycles. The molecule has 0 spiro atoms. The molecule has 360 valence electrons. The number of nitrogens with one attached hydrogen (secondary N) is 1. The van der Waals surface area contributed by atoms with Gasteiger partial charge in [-0.25, -0.2) is 0 Å². The maximum Gasteiger partial charge on any atom is 0.305 e. The fraction of sp³-hybridized carbons (Fsp3) is 0.891. The van der Waals surface area contributed by atoms with Gasteiger partial charge in [-0.2, -0.15) is 0 Å². The van der Waals surface area contributed by atoms with Crippen molar-refractivity contribution in [3.63, 3.8) is 0 Å². The van der Waals surface area contributed by atoms with Crippen LogP contribution in [0.25, 0.3) is 0 Å². The second kappa shape index (κ2) is 51.0. The third kappa shape index (κ3) is 47.7. The van der Waals surface area contributed by atoms with Crippen LogP contribution < -0.4 is 5.32 Å². The molecule has 0 aliphatic heterocycles. The SMILES string of the molecule is CCCCCCCC/C=C\CCCCCCCC(=O)OCCCCCCCCCCCC(=O)NC(CO)C(O)/C=C/CCCCCCCCCCCCCCCCCCCC. The lowest BCUT2D eigenvalue weighted by Gasteiger charge is -2.20. The molecule has 0 saturated heterocycles. The molecule has 0 fully saturated rings. The first-order valence-corrected chi connectivity index (χ1v) is 27.1. The molecule has 0 aromatic rings. The number of aliphatic hydroxyl groups excluding tert-OH is 2. The lowest BCUT2D eigenvalue weighted by atomic mass is 10.0. The molecule has 0 aromatic carbocycles. The van der Waals surface area contributed by atoms with Gasteiger partial charge in [0, 0.05) is 12.8 Å². The van der Waals surface area contributed by atoms with E-state index in [1.807, 2.05) is 6.08 Å². The minimum Gasteiger partial charge on any atom is -0.466 e. The van der Waals surface area contributed by atoms with Crippen LogP contribution in [0.3, 0.4) is 0 Å². The van der Waals surface area contributed by atoms with Crippen LogP contribution in [0.15, 0.2) is 24.3 Å². The van der Waals surface area contributed by atoms with Crippen molar-refractivity contribution in [2.24, 2.45) is 0 Å². The zero-order valence-electron chi connectivity index (χ0n) is 40.9. The predicted octanol–water partition coefficient (Wildman–Crippen LogP) is 16.3. The molecule has 0 rings (SSSR count). The number of carbonyl (C=O) groups excluding carboxylic acids is 2. The number of aliphatic hydroxyl groups is 2. The van der Waals surface area contributed by atoms with Crippen molar-refractivity contribution in [3.05, 3.63) is 24.3 Å². The molecule has 61 heavy (non-hydrogen) atoms. The van der Waals surface area contributed by atoms with Gasteiger partial charge in [0.2, 0.25) is 5.91 Å². The van der Waals surface area contributed by atoms with Crippen molar-refractivity contribution in [1.82, 2.24) is 5.32 Å². The van der Waals surface area contributed by atoms with E-state index in [1.165, 1.54) is 205 Å². The van der Waals surface area contributed by atoms with Crippen molar-refractivity contribution < 1.29 is 24.5 Å². The van der Waals surface area contributed by atoms with Crippen LogP contribution in [0, 0.1) is 0 Å². The number of rotatable bonds is 50. The third-order valence-corrected chi connectivity index (χ3v) is 12.5. The monoisotopic (exact) mass is 860 g/mol. The number of esters is 1. The summed E-state index contributed by atoms with van der Waals surface area (Å²) in [4.78, 5) is 24.5. The summed E-state index contributed by atoms with van der Waals surface area (Å²) in [6, 6.07) is -0.649. The molecule has 6 heteroatoms. The van der Waals surface area contributed by atoms with Crippen LogP contribution in [0.4, 0.5) is 0 Å². The highest BCUT2D eigenvalue weighted by atomic mass is 16.5. The number of ether oxygens (including phenoxy) is 1.